The van der Waals surface area contributed by atoms with Crippen molar-refractivity contribution < 1.29 is 17.5 Å². The average Bonchev–Trinajstić information content (AvgIpc) is 2.65. The standard InChI is InChI=1S/C15H33ClN.C7H8O3S/c1-4-7-10-14-17(15-11-16,12-8-5-2)13-9-6-3;1-6-2-4-7(5-3-6)11(8,9)10/h4-15H2,1-3H3;2-5H,1H3,(H,8,9,10)/q+1;/p-1. The van der Waals surface area contributed by atoms with Crippen LogP contribution in [0.4, 0.5) is 0 Å². The minimum Gasteiger partial charge on any atom is -0.744 e. The number of rotatable bonds is 13. The van der Waals surface area contributed by atoms with Crippen molar-refractivity contribution >= 4 is 21.7 Å². The molecule has 0 heterocycles. The quantitative estimate of drug-likeness (QED) is 0.173. The van der Waals surface area contributed by atoms with Crippen LogP contribution in [0.15, 0.2) is 29.2 Å². The molecule has 1 aromatic carbocycles. The van der Waals surface area contributed by atoms with Crippen LogP contribution in [0.3, 0.4) is 0 Å². The van der Waals surface area contributed by atoms with E-state index in [-0.39, 0.29) is 4.90 Å². The third-order valence-electron chi connectivity index (χ3n) is 5.08. The Kier molecular flexibility index (Phi) is 14.9. The molecule has 0 radical (unpaired) electrons. The number of quaternary nitrogens is 1. The van der Waals surface area contributed by atoms with Gasteiger partial charge in [0.05, 0.1) is 37.0 Å². The van der Waals surface area contributed by atoms with Crippen LogP contribution in [0, 0.1) is 6.92 Å². The highest BCUT2D eigenvalue weighted by molar-refractivity contribution is 7.85. The molecule has 28 heavy (non-hydrogen) atoms. The van der Waals surface area contributed by atoms with Gasteiger partial charge in [-0.1, -0.05) is 57.7 Å². The Morgan fingerprint density at radius 1 is 0.821 bits per heavy atom. The molecule has 0 aliphatic rings. The van der Waals surface area contributed by atoms with Crippen LogP contribution in [0.5, 0.6) is 0 Å². The van der Waals surface area contributed by atoms with E-state index in [0.717, 1.165) is 11.4 Å². The number of unbranched alkanes of at least 4 members (excludes halogenated alkanes) is 4. The minimum atomic E-state index is -4.27. The van der Waals surface area contributed by atoms with Gasteiger partial charge >= 0.3 is 0 Å². The summed E-state index contributed by atoms with van der Waals surface area (Å²) in [5, 5.41) is 0. The molecule has 0 fully saturated rings. The molecule has 0 N–H and O–H groups in total. The third kappa shape index (κ3) is 12.1. The van der Waals surface area contributed by atoms with Gasteiger partial charge in [0.15, 0.2) is 0 Å². The molecule has 0 aliphatic heterocycles. The molecule has 1 aromatic rings. The molecule has 1 rings (SSSR count). The van der Waals surface area contributed by atoms with Gasteiger partial charge in [-0.15, -0.1) is 11.6 Å². The molecular formula is C22H40ClNO3S. The van der Waals surface area contributed by atoms with Gasteiger partial charge in [0.1, 0.15) is 10.1 Å². The van der Waals surface area contributed by atoms with Crippen molar-refractivity contribution in [2.45, 2.75) is 77.5 Å². The van der Waals surface area contributed by atoms with Crippen LogP contribution >= 0.6 is 11.6 Å². The predicted molar refractivity (Wildman–Crippen MR) is 119 cm³/mol. The minimum absolute atomic E-state index is 0.178. The van der Waals surface area contributed by atoms with E-state index >= 15 is 0 Å². The summed E-state index contributed by atoms with van der Waals surface area (Å²) in [4.78, 5) is -0.178. The fourth-order valence-electron chi connectivity index (χ4n) is 3.24. The van der Waals surface area contributed by atoms with E-state index in [2.05, 4.69) is 20.8 Å². The van der Waals surface area contributed by atoms with E-state index in [1.807, 2.05) is 6.92 Å². The molecule has 0 unspecified atom stereocenters. The van der Waals surface area contributed by atoms with Gasteiger partial charge in [-0.3, -0.25) is 0 Å². The van der Waals surface area contributed by atoms with Gasteiger partial charge in [0.25, 0.3) is 0 Å². The normalized spacial score (nSPS) is 11.8. The van der Waals surface area contributed by atoms with Crippen molar-refractivity contribution in [3.8, 4) is 0 Å². The van der Waals surface area contributed by atoms with Crippen molar-refractivity contribution in [2.24, 2.45) is 0 Å². The number of alkyl halides is 1. The number of halogens is 1. The van der Waals surface area contributed by atoms with Crippen LogP contribution in [-0.2, 0) is 10.1 Å². The average molecular weight is 434 g/mol. The Balaban J connectivity index is 0.000000567. The molecular weight excluding hydrogens is 394 g/mol. The highest BCUT2D eigenvalue weighted by atomic mass is 35.5. The second-order valence-corrected chi connectivity index (χ2v) is 9.36. The number of hydrogen-bond donors (Lipinski definition) is 0. The summed E-state index contributed by atoms with van der Waals surface area (Å²) < 4.78 is 32.4. The summed E-state index contributed by atoms with van der Waals surface area (Å²) in [5.74, 6) is 0.819. The molecule has 0 aliphatic carbocycles. The topological polar surface area (TPSA) is 57.2 Å². The number of nitrogens with zero attached hydrogens (tertiary/aromatic N) is 1. The first-order valence-electron chi connectivity index (χ1n) is 10.7. The van der Waals surface area contributed by atoms with E-state index in [1.165, 1.54) is 87.7 Å². The maximum absolute atomic E-state index is 10.4. The lowest BCUT2D eigenvalue weighted by atomic mass is 10.1. The largest absolute Gasteiger partial charge is 0.744 e. The van der Waals surface area contributed by atoms with Crippen LogP contribution < -0.4 is 0 Å². The molecule has 0 saturated carbocycles. The summed E-state index contributed by atoms with van der Waals surface area (Å²) in [6.07, 6.45) is 9.40. The van der Waals surface area contributed by atoms with Crippen LogP contribution in [0.1, 0.15) is 71.3 Å². The molecule has 0 spiro atoms. The Labute approximate surface area is 178 Å². The maximum Gasteiger partial charge on any atom is 0.124 e. The van der Waals surface area contributed by atoms with Crippen molar-refractivity contribution in [3.63, 3.8) is 0 Å². The zero-order chi connectivity index (χ0) is 21.5. The molecule has 164 valence electrons. The number of hydrogen-bond acceptors (Lipinski definition) is 3. The second-order valence-electron chi connectivity index (χ2n) is 7.61. The lowest BCUT2D eigenvalue weighted by Gasteiger charge is -2.38. The van der Waals surface area contributed by atoms with E-state index < -0.39 is 10.1 Å². The summed E-state index contributed by atoms with van der Waals surface area (Å²) in [6, 6.07) is 5.78. The van der Waals surface area contributed by atoms with Crippen molar-refractivity contribution in [2.75, 3.05) is 32.1 Å². The summed E-state index contributed by atoms with van der Waals surface area (Å²) in [5.41, 5.74) is 0.928. The van der Waals surface area contributed by atoms with Crippen molar-refractivity contribution in [3.05, 3.63) is 29.8 Å². The summed E-state index contributed by atoms with van der Waals surface area (Å²) in [6.45, 7) is 13.9. The number of aryl methyl sites for hydroxylation is 1. The zero-order valence-corrected chi connectivity index (χ0v) is 19.8. The lowest BCUT2D eigenvalue weighted by Crippen LogP contribution is -2.51. The van der Waals surface area contributed by atoms with Gasteiger partial charge in [-0.2, -0.15) is 0 Å². The Morgan fingerprint density at radius 3 is 1.68 bits per heavy atom. The van der Waals surface area contributed by atoms with E-state index in [4.69, 9.17) is 11.6 Å². The zero-order valence-electron chi connectivity index (χ0n) is 18.3. The van der Waals surface area contributed by atoms with E-state index in [1.54, 1.807) is 12.1 Å². The summed E-state index contributed by atoms with van der Waals surface area (Å²) >= 11 is 6.04. The Bertz CT molecular complexity index is 595. The van der Waals surface area contributed by atoms with Crippen LogP contribution in [-0.4, -0.2) is 49.5 Å². The van der Waals surface area contributed by atoms with Crippen LogP contribution in [0.25, 0.3) is 0 Å². The predicted octanol–water partition coefficient (Wildman–Crippen LogP) is 5.73. The van der Waals surface area contributed by atoms with Gasteiger partial charge in [-0.05, 0) is 44.7 Å². The molecule has 0 atom stereocenters. The smallest absolute Gasteiger partial charge is 0.124 e. The Hall–Kier alpha value is -0.620. The molecule has 0 amide bonds. The summed E-state index contributed by atoms with van der Waals surface area (Å²) in [7, 11) is -4.27. The molecule has 0 saturated heterocycles. The van der Waals surface area contributed by atoms with E-state index in [0.29, 0.717) is 0 Å². The monoisotopic (exact) mass is 433 g/mol. The van der Waals surface area contributed by atoms with Gasteiger partial charge in [0, 0.05) is 0 Å². The first kappa shape index (κ1) is 27.4. The lowest BCUT2D eigenvalue weighted by molar-refractivity contribution is -0.926. The highest BCUT2D eigenvalue weighted by Crippen LogP contribution is 2.15. The molecule has 4 nitrogen and oxygen atoms in total. The van der Waals surface area contributed by atoms with Gasteiger partial charge in [0.2, 0.25) is 0 Å². The Morgan fingerprint density at radius 2 is 1.29 bits per heavy atom. The van der Waals surface area contributed by atoms with Gasteiger partial charge < -0.3 is 9.04 Å². The first-order valence-corrected chi connectivity index (χ1v) is 12.6. The maximum atomic E-state index is 10.4. The van der Waals surface area contributed by atoms with Crippen LogP contribution in [0.2, 0.25) is 0 Å². The van der Waals surface area contributed by atoms with Gasteiger partial charge in [-0.25, -0.2) is 8.42 Å². The molecule has 6 heteroatoms. The second kappa shape index (κ2) is 15.3. The van der Waals surface area contributed by atoms with E-state index in [9.17, 15) is 13.0 Å². The van der Waals surface area contributed by atoms with Crippen molar-refractivity contribution in [1.29, 1.82) is 0 Å². The number of benzene rings is 1. The SMILES string of the molecule is CCCCC[N+](CCCl)(CCCC)CCCC.Cc1ccc(S(=O)(=O)[O-])cc1. The highest BCUT2D eigenvalue weighted by Gasteiger charge is 2.24. The molecule has 0 aromatic heterocycles. The van der Waals surface area contributed by atoms with Crippen molar-refractivity contribution in [1.82, 2.24) is 0 Å². The third-order valence-corrected chi connectivity index (χ3v) is 6.10. The molecule has 0 bridgehead atoms. The fourth-order valence-corrected chi connectivity index (χ4v) is 4.07. The fraction of sp³-hybridized carbons (Fsp3) is 0.727. The first-order chi connectivity index (χ1) is 13.2.